The molecule has 0 aromatic heterocycles. The SMILES string of the molecule is NC(N)=NCCCC(N)C(=O)NC(Cc1ccc(O)cc1)C(=O)NC(CO)C(=O)NC(CS)C(=O)O. The molecule has 4 atom stereocenters. The van der Waals surface area contributed by atoms with Gasteiger partial charge in [0.1, 0.15) is 23.9 Å². The number of hydrogen-bond donors (Lipinski definition) is 10. The first-order valence-corrected chi connectivity index (χ1v) is 11.6. The Hall–Kier alpha value is -3.56. The van der Waals surface area contributed by atoms with E-state index in [1.54, 1.807) is 0 Å². The van der Waals surface area contributed by atoms with Gasteiger partial charge in [0, 0.05) is 18.7 Å². The van der Waals surface area contributed by atoms with Gasteiger partial charge in [-0.05, 0) is 30.5 Å². The molecule has 1 aromatic rings. The fourth-order valence-electron chi connectivity index (χ4n) is 2.93. The minimum atomic E-state index is -1.49. The van der Waals surface area contributed by atoms with Gasteiger partial charge in [0.05, 0.1) is 12.6 Å². The lowest BCUT2D eigenvalue weighted by atomic mass is 10.0. The molecule has 0 bridgehead atoms. The molecular formula is C21H33N7O7S. The summed E-state index contributed by atoms with van der Waals surface area (Å²) < 4.78 is 0. The van der Waals surface area contributed by atoms with E-state index in [-0.39, 0.29) is 36.8 Å². The van der Waals surface area contributed by atoms with Gasteiger partial charge in [-0.3, -0.25) is 19.4 Å². The number of carboxylic acids is 1. The molecule has 0 saturated carbocycles. The average molecular weight is 528 g/mol. The molecule has 12 N–H and O–H groups in total. The third kappa shape index (κ3) is 10.8. The van der Waals surface area contributed by atoms with Crippen LogP contribution in [-0.2, 0) is 25.6 Å². The normalized spacial score (nSPS) is 14.0. The zero-order valence-corrected chi connectivity index (χ0v) is 20.4. The van der Waals surface area contributed by atoms with Gasteiger partial charge in [-0.15, -0.1) is 0 Å². The Bertz CT molecular complexity index is 926. The maximum absolute atomic E-state index is 13.0. The molecule has 14 nitrogen and oxygen atoms in total. The first kappa shape index (κ1) is 30.5. The predicted octanol–water partition coefficient (Wildman–Crippen LogP) is -3.22. The van der Waals surface area contributed by atoms with Crippen molar-refractivity contribution in [3.8, 4) is 5.75 Å². The number of hydrogen-bond acceptors (Lipinski definition) is 9. The first-order valence-electron chi connectivity index (χ1n) is 10.9. The van der Waals surface area contributed by atoms with E-state index in [1.165, 1.54) is 24.3 Å². The van der Waals surface area contributed by atoms with Gasteiger partial charge in [0.2, 0.25) is 17.7 Å². The summed E-state index contributed by atoms with van der Waals surface area (Å²) in [5, 5.41) is 35.2. The number of carbonyl (C=O) groups is 4. The van der Waals surface area contributed by atoms with Crippen molar-refractivity contribution in [2.45, 2.75) is 43.4 Å². The molecular weight excluding hydrogens is 494 g/mol. The number of carboxylic acid groups (broad SMARTS) is 1. The summed E-state index contributed by atoms with van der Waals surface area (Å²) >= 11 is 3.85. The van der Waals surface area contributed by atoms with Crippen LogP contribution in [0.2, 0.25) is 0 Å². The lowest BCUT2D eigenvalue weighted by molar-refractivity contribution is -0.142. The zero-order chi connectivity index (χ0) is 27.3. The molecule has 0 aliphatic carbocycles. The van der Waals surface area contributed by atoms with Crippen LogP contribution in [0.25, 0.3) is 0 Å². The molecule has 3 amide bonds. The van der Waals surface area contributed by atoms with E-state index in [9.17, 15) is 29.4 Å². The second-order valence-electron chi connectivity index (χ2n) is 7.81. The smallest absolute Gasteiger partial charge is 0.327 e. The van der Waals surface area contributed by atoms with Crippen LogP contribution in [0, 0.1) is 0 Å². The van der Waals surface area contributed by atoms with Gasteiger partial charge >= 0.3 is 5.97 Å². The van der Waals surface area contributed by atoms with Crippen LogP contribution in [0.15, 0.2) is 29.3 Å². The molecule has 0 radical (unpaired) electrons. The minimum Gasteiger partial charge on any atom is -0.508 e. The molecule has 1 rings (SSSR count). The minimum absolute atomic E-state index is 0.000717. The molecule has 15 heteroatoms. The Balaban J connectivity index is 2.95. The number of guanidine groups is 1. The summed E-state index contributed by atoms with van der Waals surface area (Å²) in [5.74, 6) is -4.06. The first-order chi connectivity index (χ1) is 17.0. The third-order valence-corrected chi connectivity index (χ3v) is 5.29. The maximum atomic E-state index is 13.0. The topological polar surface area (TPSA) is 255 Å². The molecule has 0 spiro atoms. The van der Waals surface area contributed by atoms with Crippen molar-refractivity contribution in [1.29, 1.82) is 0 Å². The third-order valence-electron chi connectivity index (χ3n) is 4.93. The van der Waals surface area contributed by atoms with Crippen LogP contribution in [0.4, 0.5) is 0 Å². The quantitative estimate of drug-likeness (QED) is 0.0472. The largest absolute Gasteiger partial charge is 0.508 e. The Kier molecular flexibility index (Phi) is 13.1. The van der Waals surface area contributed by atoms with Crippen molar-refractivity contribution in [2.24, 2.45) is 22.2 Å². The number of aliphatic imine (C=N–C) groups is 1. The van der Waals surface area contributed by atoms with Gasteiger partial charge in [-0.2, -0.15) is 12.6 Å². The van der Waals surface area contributed by atoms with Crippen molar-refractivity contribution in [2.75, 3.05) is 18.9 Å². The van der Waals surface area contributed by atoms with Crippen molar-refractivity contribution >= 4 is 42.3 Å². The van der Waals surface area contributed by atoms with Crippen molar-refractivity contribution in [3.63, 3.8) is 0 Å². The van der Waals surface area contributed by atoms with E-state index in [2.05, 4.69) is 33.6 Å². The van der Waals surface area contributed by atoms with Crippen LogP contribution in [0.5, 0.6) is 5.75 Å². The molecule has 0 aliphatic heterocycles. The number of thiol groups is 1. The van der Waals surface area contributed by atoms with Crippen LogP contribution in [0.3, 0.4) is 0 Å². The molecule has 0 aliphatic rings. The number of nitrogens with zero attached hydrogens (tertiary/aromatic N) is 1. The van der Waals surface area contributed by atoms with E-state index in [0.717, 1.165) is 0 Å². The van der Waals surface area contributed by atoms with Gasteiger partial charge in [-0.25, -0.2) is 4.79 Å². The second-order valence-corrected chi connectivity index (χ2v) is 8.18. The number of carbonyl (C=O) groups excluding carboxylic acids is 3. The van der Waals surface area contributed by atoms with Crippen LogP contribution in [-0.4, -0.2) is 88.0 Å². The van der Waals surface area contributed by atoms with Crippen molar-refractivity contribution in [1.82, 2.24) is 16.0 Å². The number of benzene rings is 1. The molecule has 1 aromatic carbocycles. The van der Waals surface area contributed by atoms with E-state index >= 15 is 0 Å². The number of rotatable bonds is 15. The van der Waals surface area contributed by atoms with E-state index in [4.69, 9.17) is 22.3 Å². The van der Waals surface area contributed by atoms with E-state index < -0.39 is 54.5 Å². The van der Waals surface area contributed by atoms with E-state index in [1.807, 2.05) is 0 Å². The van der Waals surface area contributed by atoms with Crippen LogP contribution >= 0.6 is 12.6 Å². The number of phenols is 1. The number of aliphatic carboxylic acids is 1. The monoisotopic (exact) mass is 527 g/mol. The van der Waals surface area contributed by atoms with Gasteiger partial charge in [-0.1, -0.05) is 12.1 Å². The molecule has 36 heavy (non-hydrogen) atoms. The van der Waals surface area contributed by atoms with Crippen LogP contribution < -0.4 is 33.2 Å². The number of nitrogens with two attached hydrogens (primary N) is 3. The van der Waals surface area contributed by atoms with Gasteiger partial charge in [0.25, 0.3) is 0 Å². The van der Waals surface area contributed by atoms with Gasteiger partial charge in [0.15, 0.2) is 5.96 Å². The summed E-state index contributed by atoms with van der Waals surface area (Å²) in [5.41, 5.74) is 17.0. The zero-order valence-electron chi connectivity index (χ0n) is 19.5. The summed E-state index contributed by atoms with van der Waals surface area (Å²) in [6.07, 6.45) is 0.592. The highest BCUT2D eigenvalue weighted by Crippen LogP contribution is 2.12. The lowest BCUT2D eigenvalue weighted by Crippen LogP contribution is -2.58. The molecule has 0 fully saturated rings. The second kappa shape index (κ2) is 15.4. The highest BCUT2D eigenvalue weighted by atomic mass is 32.1. The molecule has 0 heterocycles. The number of nitrogens with one attached hydrogen (secondary N) is 3. The number of aliphatic hydroxyl groups is 1. The summed E-state index contributed by atoms with van der Waals surface area (Å²) in [6.45, 7) is -0.571. The highest BCUT2D eigenvalue weighted by molar-refractivity contribution is 7.80. The Labute approximate surface area is 213 Å². The summed E-state index contributed by atoms with van der Waals surface area (Å²) in [4.78, 5) is 52.9. The Morgan fingerprint density at radius 2 is 1.50 bits per heavy atom. The lowest BCUT2D eigenvalue weighted by Gasteiger charge is -2.24. The standard InChI is InChI=1S/C21H33N7O7S/c22-13(2-1-7-25-21(23)24)17(31)26-14(8-11-3-5-12(30)6-4-11)18(32)27-15(9-29)19(33)28-16(10-36)20(34)35/h3-6,13-16,29-30,36H,1-2,7-10,22H2,(H,26,31)(H,27,32)(H,28,33)(H,34,35)(H4,23,24,25). The number of aromatic hydroxyl groups is 1. The van der Waals surface area contributed by atoms with Crippen molar-refractivity contribution in [3.05, 3.63) is 29.8 Å². The predicted molar refractivity (Wildman–Crippen MR) is 134 cm³/mol. The number of phenolic OH excluding ortho intramolecular Hbond substituents is 1. The summed E-state index contributed by atoms with van der Waals surface area (Å²) in [6, 6.07) is 0.840. The average Bonchev–Trinajstić information content (AvgIpc) is 2.83. The number of aliphatic hydroxyl groups excluding tert-OH is 1. The van der Waals surface area contributed by atoms with Gasteiger partial charge < -0.3 is 48.5 Å². The van der Waals surface area contributed by atoms with Crippen LogP contribution in [0.1, 0.15) is 18.4 Å². The fourth-order valence-corrected chi connectivity index (χ4v) is 3.18. The Morgan fingerprint density at radius 3 is 2.03 bits per heavy atom. The highest BCUT2D eigenvalue weighted by Gasteiger charge is 2.29. The summed E-state index contributed by atoms with van der Waals surface area (Å²) in [7, 11) is 0. The van der Waals surface area contributed by atoms with E-state index in [0.29, 0.717) is 12.0 Å². The number of amides is 3. The maximum Gasteiger partial charge on any atom is 0.327 e. The van der Waals surface area contributed by atoms with Crippen molar-refractivity contribution < 1.29 is 34.5 Å². The Morgan fingerprint density at radius 1 is 0.944 bits per heavy atom. The fraction of sp³-hybridized carbons (Fsp3) is 0.476. The molecule has 4 unspecified atom stereocenters. The molecule has 0 saturated heterocycles. The molecule has 200 valence electrons.